The standard InChI is InChI=1S/C22H26F3N3O6S/c1-12(22(23,24)25)33-16-5-4-14(35(3,30)31)8-15(16)17(29)28-10-13-9-20(13,11-28)18-26-19(34-27-18)21(32-2)6-7-21/h4-5,8,12-13,19H,6-7,9-11H2,1-3H3,(H,26,27)/t12-,13?,19?,20?/m0/s1. The minimum Gasteiger partial charge on any atom is -0.480 e. The van der Waals surface area contributed by atoms with Gasteiger partial charge in [-0.3, -0.25) is 4.79 Å². The van der Waals surface area contributed by atoms with Gasteiger partial charge in [-0.25, -0.2) is 8.42 Å². The molecule has 0 bridgehead atoms. The van der Waals surface area contributed by atoms with Crippen molar-refractivity contribution < 1.29 is 40.7 Å². The molecule has 192 valence electrons. The molecule has 1 aromatic rings. The third-order valence-corrected chi connectivity index (χ3v) is 8.53. The minimum atomic E-state index is -4.65. The predicted molar refractivity (Wildman–Crippen MR) is 117 cm³/mol. The summed E-state index contributed by atoms with van der Waals surface area (Å²) >= 11 is 0. The van der Waals surface area contributed by atoms with Crippen LogP contribution in [0.1, 0.15) is 36.5 Å². The molecule has 2 saturated carbocycles. The SMILES string of the molecule is COC1(C2NC(C34CC3CN(C(=O)c3cc(S(C)(=O)=O)ccc3O[C@@H](C)C(F)(F)F)C4)=NO2)CC1. The van der Waals surface area contributed by atoms with Crippen molar-refractivity contribution in [1.29, 1.82) is 0 Å². The molecule has 1 saturated heterocycles. The van der Waals surface area contributed by atoms with Crippen molar-refractivity contribution in [2.75, 3.05) is 26.5 Å². The van der Waals surface area contributed by atoms with E-state index in [9.17, 15) is 26.4 Å². The molecule has 35 heavy (non-hydrogen) atoms. The number of ether oxygens (including phenoxy) is 2. The first-order valence-electron chi connectivity index (χ1n) is 11.2. The Morgan fingerprint density at radius 1 is 1.34 bits per heavy atom. The molecule has 5 rings (SSSR count). The molecule has 13 heteroatoms. The van der Waals surface area contributed by atoms with Crippen LogP contribution >= 0.6 is 0 Å². The van der Waals surface area contributed by atoms with Gasteiger partial charge in [0.1, 0.15) is 11.4 Å². The van der Waals surface area contributed by atoms with E-state index in [1.54, 1.807) is 7.11 Å². The molecule has 3 unspecified atom stereocenters. The number of hydrogen-bond acceptors (Lipinski definition) is 8. The highest BCUT2D eigenvalue weighted by Crippen LogP contribution is 2.59. The molecular formula is C22H26F3N3O6S. The molecule has 4 atom stereocenters. The van der Waals surface area contributed by atoms with E-state index in [1.807, 2.05) is 0 Å². The predicted octanol–water partition coefficient (Wildman–Crippen LogP) is 2.32. The molecule has 0 radical (unpaired) electrons. The third-order valence-electron chi connectivity index (χ3n) is 7.42. The van der Waals surface area contributed by atoms with E-state index in [2.05, 4.69) is 10.5 Å². The number of likely N-dealkylation sites (tertiary alicyclic amines) is 1. The quantitative estimate of drug-likeness (QED) is 0.592. The Kier molecular flexibility index (Phi) is 5.34. The van der Waals surface area contributed by atoms with Gasteiger partial charge in [-0.2, -0.15) is 13.2 Å². The molecule has 3 fully saturated rings. The van der Waals surface area contributed by atoms with Gasteiger partial charge in [0.15, 0.2) is 21.8 Å². The number of amidine groups is 1. The number of fused-ring (bicyclic) bond motifs is 1. The van der Waals surface area contributed by atoms with Gasteiger partial charge in [0.2, 0.25) is 6.23 Å². The number of halogens is 3. The Morgan fingerprint density at radius 2 is 2.06 bits per heavy atom. The second kappa shape index (κ2) is 7.73. The number of carbonyl (C=O) groups is 1. The molecule has 4 aliphatic rings. The number of nitrogens with zero attached hydrogens (tertiary/aromatic N) is 2. The summed E-state index contributed by atoms with van der Waals surface area (Å²) in [5.74, 6) is -0.178. The summed E-state index contributed by atoms with van der Waals surface area (Å²) in [5, 5.41) is 7.51. The van der Waals surface area contributed by atoms with E-state index in [4.69, 9.17) is 14.3 Å². The summed E-state index contributed by atoms with van der Waals surface area (Å²) in [7, 11) is -2.09. The molecule has 0 spiro atoms. The lowest BCUT2D eigenvalue weighted by molar-refractivity contribution is -0.189. The first-order valence-corrected chi connectivity index (χ1v) is 13.1. The number of sulfone groups is 1. The Balaban J connectivity index is 1.37. The van der Waals surface area contributed by atoms with Gasteiger partial charge in [-0.05, 0) is 50.3 Å². The van der Waals surface area contributed by atoms with Crippen LogP contribution in [-0.2, 0) is 19.4 Å². The fourth-order valence-corrected chi connectivity index (χ4v) is 5.53. The summed E-state index contributed by atoms with van der Waals surface area (Å²) in [6, 6.07) is 3.30. The topological polar surface area (TPSA) is 107 Å². The lowest BCUT2D eigenvalue weighted by Crippen LogP contribution is -2.46. The molecule has 2 aliphatic carbocycles. The maximum absolute atomic E-state index is 13.4. The van der Waals surface area contributed by atoms with Crippen molar-refractivity contribution >= 4 is 21.6 Å². The van der Waals surface area contributed by atoms with Crippen LogP contribution in [0.3, 0.4) is 0 Å². The zero-order valence-electron chi connectivity index (χ0n) is 19.4. The number of methoxy groups -OCH3 is 1. The fraction of sp³-hybridized carbons (Fsp3) is 0.636. The van der Waals surface area contributed by atoms with Crippen LogP contribution in [0, 0.1) is 11.3 Å². The third kappa shape index (κ3) is 4.11. The van der Waals surface area contributed by atoms with E-state index in [0.29, 0.717) is 12.4 Å². The molecule has 9 nitrogen and oxygen atoms in total. The van der Waals surface area contributed by atoms with Gasteiger partial charge >= 0.3 is 6.18 Å². The average Bonchev–Trinajstić information content (AvgIpc) is 3.62. The summed E-state index contributed by atoms with van der Waals surface area (Å²) in [4.78, 5) is 20.3. The molecule has 0 aromatic heterocycles. The number of alkyl halides is 3. The second-order valence-electron chi connectivity index (χ2n) is 9.81. The second-order valence-corrected chi connectivity index (χ2v) is 11.8. The first-order chi connectivity index (χ1) is 16.3. The van der Waals surface area contributed by atoms with Gasteiger partial charge in [-0.1, -0.05) is 5.16 Å². The monoisotopic (exact) mass is 517 g/mol. The van der Waals surface area contributed by atoms with Crippen molar-refractivity contribution in [2.24, 2.45) is 16.5 Å². The normalized spacial score (nSPS) is 29.5. The van der Waals surface area contributed by atoms with E-state index >= 15 is 0 Å². The molecule has 1 aromatic carbocycles. The summed E-state index contributed by atoms with van der Waals surface area (Å²) in [5.41, 5.74) is -1.07. The number of hydrogen-bond donors (Lipinski definition) is 1. The maximum Gasteiger partial charge on any atom is 0.425 e. The number of benzene rings is 1. The Bertz CT molecular complexity index is 1200. The maximum atomic E-state index is 13.4. The van der Waals surface area contributed by atoms with E-state index < -0.39 is 45.3 Å². The number of oxime groups is 1. The number of amides is 1. The molecule has 1 N–H and O–H groups in total. The van der Waals surface area contributed by atoms with Crippen molar-refractivity contribution in [3.05, 3.63) is 23.8 Å². The summed E-state index contributed by atoms with van der Waals surface area (Å²) in [6.45, 7) is 1.46. The summed E-state index contributed by atoms with van der Waals surface area (Å²) in [6.07, 6.45) is -3.80. The van der Waals surface area contributed by atoms with Crippen LogP contribution in [0.25, 0.3) is 0 Å². The summed E-state index contributed by atoms with van der Waals surface area (Å²) < 4.78 is 74.0. The molecule has 2 aliphatic heterocycles. The number of rotatable bonds is 7. The highest BCUT2D eigenvalue weighted by atomic mass is 32.2. The van der Waals surface area contributed by atoms with Crippen molar-refractivity contribution in [2.45, 2.75) is 55.2 Å². The van der Waals surface area contributed by atoms with Crippen LogP contribution in [0.2, 0.25) is 0 Å². The van der Waals surface area contributed by atoms with Crippen molar-refractivity contribution in [3.63, 3.8) is 0 Å². The average molecular weight is 518 g/mol. The van der Waals surface area contributed by atoms with Gasteiger partial charge in [0, 0.05) is 26.5 Å². The van der Waals surface area contributed by atoms with Crippen LogP contribution in [0.4, 0.5) is 13.2 Å². The number of nitrogens with one attached hydrogen (secondary N) is 1. The number of piperidine rings is 1. The lowest BCUT2D eigenvalue weighted by atomic mass is 10.0. The zero-order valence-corrected chi connectivity index (χ0v) is 20.2. The fourth-order valence-electron chi connectivity index (χ4n) is 4.88. The lowest BCUT2D eigenvalue weighted by Gasteiger charge is -2.25. The van der Waals surface area contributed by atoms with Crippen molar-refractivity contribution in [3.8, 4) is 5.75 Å². The first kappa shape index (κ1) is 24.2. The smallest absolute Gasteiger partial charge is 0.425 e. The molecular weight excluding hydrogens is 491 g/mol. The van der Waals surface area contributed by atoms with Crippen LogP contribution in [0.5, 0.6) is 5.75 Å². The molecule has 1 amide bonds. The van der Waals surface area contributed by atoms with Gasteiger partial charge < -0.3 is 24.5 Å². The van der Waals surface area contributed by atoms with Gasteiger partial charge in [0.05, 0.1) is 15.9 Å². The van der Waals surface area contributed by atoms with E-state index in [0.717, 1.165) is 50.6 Å². The zero-order chi connectivity index (χ0) is 25.4. The highest BCUT2D eigenvalue weighted by molar-refractivity contribution is 7.90. The minimum absolute atomic E-state index is 0.106. The Labute approximate surface area is 200 Å². The molecule has 2 heterocycles. The largest absolute Gasteiger partial charge is 0.480 e. The number of carbonyl (C=O) groups excluding carboxylic acids is 1. The van der Waals surface area contributed by atoms with Crippen molar-refractivity contribution in [1.82, 2.24) is 10.2 Å². The Hall–Kier alpha value is -2.54. The highest BCUT2D eigenvalue weighted by Gasteiger charge is 2.67. The Morgan fingerprint density at radius 3 is 2.66 bits per heavy atom. The van der Waals surface area contributed by atoms with E-state index in [1.165, 1.54) is 4.90 Å². The van der Waals surface area contributed by atoms with Gasteiger partial charge in [0.25, 0.3) is 5.91 Å². The van der Waals surface area contributed by atoms with Gasteiger partial charge in [-0.15, -0.1) is 0 Å². The van der Waals surface area contributed by atoms with E-state index in [-0.39, 0.29) is 28.7 Å². The van der Waals surface area contributed by atoms with Crippen LogP contribution in [0.15, 0.2) is 28.3 Å². The van der Waals surface area contributed by atoms with Crippen LogP contribution < -0.4 is 10.1 Å². The van der Waals surface area contributed by atoms with Crippen LogP contribution in [-0.4, -0.2) is 75.6 Å².